The fourth-order valence-electron chi connectivity index (χ4n) is 3.03. The van der Waals surface area contributed by atoms with Crippen LogP contribution in [-0.2, 0) is 10.2 Å². The van der Waals surface area contributed by atoms with E-state index in [1.54, 1.807) is 6.92 Å². The fourth-order valence-corrected chi connectivity index (χ4v) is 3.03. The van der Waals surface area contributed by atoms with E-state index in [0.29, 0.717) is 6.54 Å². The first kappa shape index (κ1) is 18.6. The molecule has 0 radical (unpaired) electrons. The molecule has 1 aliphatic carbocycles. The third-order valence-corrected chi connectivity index (χ3v) is 4.90. The first-order valence-electron chi connectivity index (χ1n) is 8.80. The molecule has 7 nitrogen and oxygen atoms in total. The van der Waals surface area contributed by atoms with Crippen LogP contribution >= 0.6 is 0 Å². The number of hydrogen-bond donors (Lipinski definition) is 2. The zero-order chi connectivity index (χ0) is 19.4. The van der Waals surface area contributed by atoms with E-state index in [1.807, 2.05) is 18.2 Å². The molecule has 2 aromatic carbocycles. The Kier molecular flexibility index (Phi) is 5.21. The molecule has 27 heavy (non-hydrogen) atoms. The van der Waals surface area contributed by atoms with Gasteiger partial charge in [-0.2, -0.15) is 0 Å². The van der Waals surface area contributed by atoms with Crippen LogP contribution in [0, 0.1) is 10.1 Å². The summed E-state index contributed by atoms with van der Waals surface area (Å²) in [5.74, 6) is -0.804. The largest absolute Gasteiger partial charge is 0.353 e. The molecule has 3 rings (SSSR count). The maximum atomic E-state index is 12.4. The van der Waals surface area contributed by atoms with Gasteiger partial charge < -0.3 is 10.6 Å². The Morgan fingerprint density at radius 1 is 1.15 bits per heavy atom. The van der Waals surface area contributed by atoms with Crippen LogP contribution in [0.4, 0.5) is 5.69 Å². The Bertz CT molecular complexity index is 863. The number of nitrogens with one attached hydrogen (secondary N) is 2. The first-order chi connectivity index (χ1) is 12.9. The van der Waals surface area contributed by atoms with Crippen LogP contribution < -0.4 is 10.6 Å². The van der Waals surface area contributed by atoms with Crippen LogP contribution in [0.1, 0.15) is 35.7 Å². The topological polar surface area (TPSA) is 101 Å². The molecule has 0 heterocycles. The first-order valence-corrected chi connectivity index (χ1v) is 8.80. The highest BCUT2D eigenvalue weighted by atomic mass is 16.6. The van der Waals surface area contributed by atoms with Crippen LogP contribution in [0.2, 0.25) is 0 Å². The van der Waals surface area contributed by atoms with Crippen molar-refractivity contribution in [3.63, 3.8) is 0 Å². The lowest BCUT2D eigenvalue weighted by Crippen LogP contribution is -2.46. The van der Waals surface area contributed by atoms with Crippen molar-refractivity contribution in [3.8, 4) is 0 Å². The molecule has 1 aliphatic rings. The summed E-state index contributed by atoms with van der Waals surface area (Å²) >= 11 is 0. The Balaban J connectivity index is 1.56. The highest BCUT2D eigenvalue weighted by molar-refractivity contribution is 5.97. The van der Waals surface area contributed by atoms with Crippen molar-refractivity contribution < 1.29 is 14.5 Å². The van der Waals surface area contributed by atoms with E-state index >= 15 is 0 Å². The SMILES string of the molecule is CC(NC(=O)c1cccc([N+](=O)[O-])c1)C(=O)NCC1(c2ccccc2)CC1. The molecule has 0 aliphatic heterocycles. The Morgan fingerprint density at radius 3 is 2.48 bits per heavy atom. The van der Waals surface area contributed by atoms with Gasteiger partial charge >= 0.3 is 0 Å². The molecule has 1 fully saturated rings. The van der Waals surface area contributed by atoms with Crippen molar-refractivity contribution in [1.29, 1.82) is 0 Å². The second-order valence-corrected chi connectivity index (χ2v) is 6.87. The summed E-state index contributed by atoms with van der Waals surface area (Å²) in [6, 6.07) is 14.7. The van der Waals surface area contributed by atoms with Gasteiger partial charge in [0.1, 0.15) is 6.04 Å². The van der Waals surface area contributed by atoms with E-state index in [1.165, 1.54) is 29.8 Å². The lowest BCUT2D eigenvalue weighted by Gasteiger charge is -2.19. The predicted octanol–water partition coefficient (Wildman–Crippen LogP) is 2.56. The van der Waals surface area contributed by atoms with Gasteiger partial charge in [0.15, 0.2) is 0 Å². The Labute approximate surface area is 156 Å². The standard InChI is InChI=1S/C20H21N3O4/c1-14(22-19(25)15-6-5-9-17(12-15)23(26)27)18(24)21-13-20(10-11-20)16-7-3-2-4-8-16/h2-9,12,14H,10-11,13H2,1H3,(H,21,24)(H,22,25). The molecule has 0 bridgehead atoms. The summed E-state index contributed by atoms with van der Waals surface area (Å²) in [5.41, 5.74) is 1.17. The summed E-state index contributed by atoms with van der Waals surface area (Å²) < 4.78 is 0. The third kappa shape index (κ3) is 4.31. The fraction of sp³-hybridized carbons (Fsp3) is 0.300. The summed E-state index contributed by atoms with van der Waals surface area (Å²) in [7, 11) is 0. The number of amides is 2. The molecular formula is C20H21N3O4. The molecule has 1 saturated carbocycles. The predicted molar refractivity (Wildman–Crippen MR) is 100 cm³/mol. The van der Waals surface area contributed by atoms with Crippen molar-refractivity contribution in [2.75, 3.05) is 6.54 Å². The monoisotopic (exact) mass is 367 g/mol. The maximum absolute atomic E-state index is 12.4. The maximum Gasteiger partial charge on any atom is 0.270 e. The minimum Gasteiger partial charge on any atom is -0.353 e. The van der Waals surface area contributed by atoms with Crippen molar-refractivity contribution in [3.05, 3.63) is 75.8 Å². The summed E-state index contributed by atoms with van der Waals surface area (Å²) in [5, 5.41) is 16.3. The number of hydrogen-bond acceptors (Lipinski definition) is 4. The molecule has 1 atom stereocenters. The Hall–Kier alpha value is -3.22. The molecule has 2 amide bonds. The number of nitrogens with zero attached hydrogens (tertiary/aromatic N) is 1. The molecule has 0 saturated heterocycles. The number of nitro benzene ring substituents is 1. The van der Waals surface area contributed by atoms with Crippen molar-refractivity contribution in [2.45, 2.75) is 31.2 Å². The third-order valence-electron chi connectivity index (χ3n) is 4.90. The second-order valence-electron chi connectivity index (χ2n) is 6.87. The molecular weight excluding hydrogens is 346 g/mol. The van der Waals surface area contributed by atoms with Gasteiger partial charge in [0.05, 0.1) is 4.92 Å². The zero-order valence-electron chi connectivity index (χ0n) is 15.0. The quantitative estimate of drug-likeness (QED) is 0.580. The van der Waals surface area contributed by atoms with Crippen LogP contribution in [0.3, 0.4) is 0 Å². The number of carbonyl (C=O) groups excluding carboxylic acids is 2. The summed E-state index contributed by atoms with van der Waals surface area (Å²) in [6.07, 6.45) is 2.04. The van der Waals surface area contributed by atoms with Gasteiger partial charge in [0.25, 0.3) is 11.6 Å². The number of nitro groups is 1. The van der Waals surface area contributed by atoms with Crippen LogP contribution in [0.15, 0.2) is 54.6 Å². The van der Waals surface area contributed by atoms with Crippen molar-refractivity contribution >= 4 is 17.5 Å². The molecule has 140 valence electrons. The molecule has 1 unspecified atom stereocenters. The van der Waals surface area contributed by atoms with Gasteiger partial charge in [-0.15, -0.1) is 0 Å². The smallest absolute Gasteiger partial charge is 0.270 e. The minimum atomic E-state index is -0.747. The van der Waals surface area contributed by atoms with E-state index in [2.05, 4.69) is 22.8 Å². The van der Waals surface area contributed by atoms with Gasteiger partial charge in [0.2, 0.25) is 5.91 Å². The highest BCUT2D eigenvalue weighted by Crippen LogP contribution is 2.47. The van der Waals surface area contributed by atoms with E-state index in [0.717, 1.165) is 12.8 Å². The van der Waals surface area contributed by atoms with Crippen LogP contribution in [0.25, 0.3) is 0 Å². The number of carbonyl (C=O) groups is 2. The van der Waals surface area contributed by atoms with Gasteiger partial charge in [0, 0.05) is 29.7 Å². The van der Waals surface area contributed by atoms with Crippen molar-refractivity contribution in [1.82, 2.24) is 10.6 Å². The Morgan fingerprint density at radius 2 is 1.85 bits per heavy atom. The molecule has 2 N–H and O–H groups in total. The zero-order valence-corrected chi connectivity index (χ0v) is 15.0. The van der Waals surface area contributed by atoms with E-state index in [4.69, 9.17) is 0 Å². The van der Waals surface area contributed by atoms with Gasteiger partial charge in [-0.05, 0) is 31.4 Å². The second kappa shape index (κ2) is 7.57. The van der Waals surface area contributed by atoms with E-state index in [-0.39, 0.29) is 22.6 Å². The molecule has 0 spiro atoms. The summed E-state index contributed by atoms with van der Waals surface area (Å²) in [4.78, 5) is 34.9. The number of benzene rings is 2. The molecule has 0 aromatic heterocycles. The summed E-state index contributed by atoms with van der Waals surface area (Å²) in [6.45, 7) is 2.11. The molecule has 7 heteroatoms. The van der Waals surface area contributed by atoms with Gasteiger partial charge in [-0.3, -0.25) is 19.7 Å². The minimum absolute atomic E-state index is 0.0132. The van der Waals surface area contributed by atoms with Crippen LogP contribution in [-0.4, -0.2) is 29.3 Å². The lowest BCUT2D eigenvalue weighted by atomic mass is 9.96. The van der Waals surface area contributed by atoms with Gasteiger partial charge in [-0.25, -0.2) is 0 Å². The van der Waals surface area contributed by atoms with Crippen LogP contribution in [0.5, 0.6) is 0 Å². The van der Waals surface area contributed by atoms with E-state index < -0.39 is 16.9 Å². The average molecular weight is 367 g/mol. The van der Waals surface area contributed by atoms with E-state index in [9.17, 15) is 19.7 Å². The van der Waals surface area contributed by atoms with Crippen molar-refractivity contribution in [2.24, 2.45) is 0 Å². The number of rotatable bonds is 7. The molecule has 2 aromatic rings. The van der Waals surface area contributed by atoms with Gasteiger partial charge in [-0.1, -0.05) is 36.4 Å². The normalized spacial score (nSPS) is 15.4. The highest BCUT2D eigenvalue weighted by Gasteiger charge is 2.44. The average Bonchev–Trinajstić information content (AvgIpc) is 3.48. The lowest BCUT2D eigenvalue weighted by molar-refractivity contribution is -0.384. The number of non-ortho nitro benzene ring substituents is 1.